The minimum absolute atomic E-state index is 0.0472. The number of hydrogen-bond acceptors (Lipinski definition) is 4. The summed E-state index contributed by atoms with van der Waals surface area (Å²) in [6.07, 6.45) is 5.50. The standard InChI is InChI=1S/C20H29N3O2/c1-25-17-5-3-2-4-16(17)23-10-8-15(9-11-23)22-20(24)18-13-6-7-14(12-13)19(18)21/h2-5,13-15,18-19H,6-12,21H2,1H3,(H,22,24). The Labute approximate surface area is 149 Å². The number of nitrogens with two attached hydrogens (primary N) is 1. The Morgan fingerprint density at radius 1 is 1.16 bits per heavy atom. The van der Waals surface area contributed by atoms with Gasteiger partial charge in [0.2, 0.25) is 5.91 Å². The molecule has 3 fully saturated rings. The molecule has 4 unspecified atom stereocenters. The number of para-hydroxylation sites is 2. The predicted octanol–water partition coefficient (Wildman–Crippen LogP) is 2.15. The Hall–Kier alpha value is -1.75. The van der Waals surface area contributed by atoms with Crippen LogP contribution in [0.5, 0.6) is 5.75 Å². The molecule has 25 heavy (non-hydrogen) atoms. The molecule has 3 N–H and O–H groups in total. The molecule has 1 amide bonds. The van der Waals surface area contributed by atoms with E-state index in [1.807, 2.05) is 18.2 Å². The van der Waals surface area contributed by atoms with Gasteiger partial charge in [-0.15, -0.1) is 0 Å². The number of anilines is 1. The lowest BCUT2D eigenvalue weighted by molar-refractivity contribution is -0.127. The molecule has 1 saturated heterocycles. The van der Waals surface area contributed by atoms with Crippen molar-refractivity contribution in [2.24, 2.45) is 23.5 Å². The van der Waals surface area contributed by atoms with Crippen molar-refractivity contribution in [1.29, 1.82) is 0 Å². The first-order valence-corrected chi connectivity index (χ1v) is 9.61. The van der Waals surface area contributed by atoms with Gasteiger partial charge in [0.1, 0.15) is 5.75 Å². The van der Waals surface area contributed by atoms with Gasteiger partial charge >= 0.3 is 0 Å². The topological polar surface area (TPSA) is 67.6 Å². The number of methoxy groups -OCH3 is 1. The van der Waals surface area contributed by atoms with E-state index in [-0.39, 0.29) is 23.9 Å². The number of rotatable bonds is 4. The quantitative estimate of drug-likeness (QED) is 0.879. The van der Waals surface area contributed by atoms with Crippen LogP contribution in [0.25, 0.3) is 0 Å². The number of ether oxygens (including phenoxy) is 1. The summed E-state index contributed by atoms with van der Waals surface area (Å²) in [6.45, 7) is 1.88. The van der Waals surface area contributed by atoms with Crippen molar-refractivity contribution in [2.45, 2.75) is 44.2 Å². The fraction of sp³-hybridized carbons (Fsp3) is 0.650. The van der Waals surface area contributed by atoms with Crippen LogP contribution in [0.2, 0.25) is 0 Å². The number of amides is 1. The van der Waals surface area contributed by atoms with Crippen molar-refractivity contribution in [2.75, 3.05) is 25.1 Å². The molecule has 2 bridgehead atoms. The van der Waals surface area contributed by atoms with E-state index in [9.17, 15) is 4.79 Å². The fourth-order valence-electron chi connectivity index (χ4n) is 5.18. The highest BCUT2D eigenvalue weighted by Gasteiger charge is 2.49. The third-order valence-corrected chi connectivity index (χ3v) is 6.55. The smallest absolute Gasteiger partial charge is 0.225 e. The number of fused-ring (bicyclic) bond motifs is 2. The molecule has 4 rings (SSSR count). The highest BCUT2D eigenvalue weighted by atomic mass is 16.5. The molecular weight excluding hydrogens is 314 g/mol. The van der Waals surface area contributed by atoms with Crippen molar-refractivity contribution >= 4 is 11.6 Å². The number of benzene rings is 1. The van der Waals surface area contributed by atoms with Crippen molar-refractivity contribution in [3.63, 3.8) is 0 Å². The minimum atomic E-state index is 0.0472. The van der Waals surface area contributed by atoms with Crippen molar-refractivity contribution in [3.05, 3.63) is 24.3 Å². The van der Waals surface area contributed by atoms with Crippen molar-refractivity contribution in [1.82, 2.24) is 5.32 Å². The molecular formula is C20H29N3O2. The summed E-state index contributed by atoms with van der Waals surface area (Å²) in [5.74, 6) is 2.26. The zero-order valence-electron chi connectivity index (χ0n) is 15.0. The Balaban J connectivity index is 1.33. The third kappa shape index (κ3) is 3.10. The number of hydrogen-bond donors (Lipinski definition) is 2. The normalized spacial score (nSPS) is 32.0. The third-order valence-electron chi connectivity index (χ3n) is 6.55. The summed E-state index contributed by atoms with van der Waals surface area (Å²) in [4.78, 5) is 15.1. The molecule has 1 heterocycles. The van der Waals surface area contributed by atoms with Gasteiger partial charge in [-0.3, -0.25) is 4.79 Å². The van der Waals surface area contributed by atoms with Gasteiger partial charge in [0.25, 0.3) is 0 Å². The van der Waals surface area contributed by atoms with Crippen LogP contribution >= 0.6 is 0 Å². The summed E-state index contributed by atoms with van der Waals surface area (Å²) in [6, 6.07) is 8.49. The Morgan fingerprint density at radius 3 is 2.56 bits per heavy atom. The van der Waals surface area contributed by atoms with Crippen LogP contribution in [0.3, 0.4) is 0 Å². The molecule has 4 atom stereocenters. The van der Waals surface area contributed by atoms with Gasteiger partial charge in [-0.25, -0.2) is 0 Å². The lowest BCUT2D eigenvalue weighted by Crippen LogP contribution is -2.51. The molecule has 0 spiro atoms. The Bertz CT molecular complexity index is 625. The van der Waals surface area contributed by atoms with Crippen LogP contribution < -0.4 is 20.7 Å². The maximum absolute atomic E-state index is 12.7. The summed E-state index contributed by atoms with van der Waals surface area (Å²) in [5, 5.41) is 3.30. The summed E-state index contributed by atoms with van der Waals surface area (Å²) < 4.78 is 5.47. The number of carbonyl (C=O) groups is 1. The molecule has 5 heteroatoms. The van der Waals surface area contributed by atoms with E-state index in [1.165, 1.54) is 12.8 Å². The van der Waals surface area contributed by atoms with Gasteiger partial charge in [-0.1, -0.05) is 12.1 Å². The van der Waals surface area contributed by atoms with Crippen molar-refractivity contribution in [3.8, 4) is 5.75 Å². The maximum Gasteiger partial charge on any atom is 0.225 e. The van der Waals surface area contributed by atoms with Crippen LogP contribution in [0, 0.1) is 17.8 Å². The highest BCUT2D eigenvalue weighted by Crippen LogP contribution is 2.47. The molecule has 1 aromatic carbocycles. The van der Waals surface area contributed by atoms with Crippen molar-refractivity contribution < 1.29 is 9.53 Å². The lowest BCUT2D eigenvalue weighted by atomic mass is 9.84. The fourth-order valence-corrected chi connectivity index (χ4v) is 5.18. The molecule has 2 aliphatic carbocycles. The van der Waals surface area contributed by atoms with Crippen LogP contribution in [0.4, 0.5) is 5.69 Å². The summed E-state index contributed by atoms with van der Waals surface area (Å²) in [7, 11) is 1.71. The Kier molecular flexibility index (Phi) is 4.59. The van der Waals surface area contributed by atoms with Crippen LogP contribution in [-0.4, -0.2) is 38.2 Å². The molecule has 1 aliphatic heterocycles. The first kappa shape index (κ1) is 16.7. The second kappa shape index (κ2) is 6.87. The minimum Gasteiger partial charge on any atom is -0.495 e. The van der Waals surface area contributed by atoms with E-state index in [0.717, 1.165) is 43.8 Å². The van der Waals surface area contributed by atoms with Gasteiger partial charge in [0.15, 0.2) is 0 Å². The van der Waals surface area contributed by atoms with E-state index in [0.29, 0.717) is 11.8 Å². The lowest BCUT2D eigenvalue weighted by Gasteiger charge is -2.36. The van der Waals surface area contributed by atoms with E-state index < -0.39 is 0 Å². The zero-order chi connectivity index (χ0) is 17.4. The second-order valence-electron chi connectivity index (χ2n) is 7.88. The zero-order valence-corrected chi connectivity index (χ0v) is 15.0. The number of nitrogens with one attached hydrogen (secondary N) is 1. The van der Waals surface area contributed by atoms with Crippen LogP contribution in [0.1, 0.15) is 32.1 Å². The molecule has 3 aliphatic rings. The SMILES string of the molecule is COc1ccccc1N1CCC(NC(=O)C2C3CCC(C3)C2N)CC1. The number of nitrogens with zero attached hydrogens (tertiary/aromatic N) is 1. The van der Waals surface area contributed by atoms with E-state index >= 15 is 0 Å². The summed E-state index contributed by atoms with van der Waals surface area (Å²) >= 11 is 0. The first-order valence-electron chi connectivity index (χ1n) is 9.61. The van der Waals surface area contributed by atoms with Gasteiger partial charge in [0.05, 0.1) is 18.7 Å². The molecule has 2 saturated carbocycles. The molecule has 5 nitrogen and oxygen atoms in total. The molecule has 0 radical (unpaired) electrons. The average molecular weight is 343 g/mol. The maximum atomic E-state index is 12.7. The molecule has 1 aromatic rings. The second-order valence-corrected chi connectivity index (χ2v) is 7.88. The first-order chi connectivity index (χ1) is 12.2. The predicted molar refractivity (Wildman–Crippen MR) is 98.7 cm³/mol. The highest BCUT2D eigenvalue weighted by molar-refractivity contribution is 5.80. The van der Waals surface area contributed by atoms with Crippen LogP contribution in [0.15, 0.2) is 24.3 Å². The number of piperidine rings is 1. The van der Waals surface area contributed by atoms with Gasteiger partial charge in [-0.05, 0) is 56.1 Å². The van der Waals surface area contributed by atoms with Gasteiger partial charge in [-0.2, -0.15) is 0 Å². The van der Waals surface area contributed by atoms with E-state index in [1.54, 1.807) is 7.11 Å². The molecule has 0 aromatic heterocycles. The van der Waals surface area contributed by atoms with E-state index in [4.69, 9.17) is 10.5 Å². The summed E-state index contributed by atoms with van der Waals surface area (Å²) in [5.41, 5.74) is 7.46. The van der Waals surface area contributed by atoms with Gasteiger partial charge in [0, 0.05) is 25.2 Å². The monoisotopic (exact) mass is 343 g/mol. The van der Waals surface area contributed by atoms with Crippen LogP contribution in [-0.2, 0) is 4.79 Å². The Morgan fingerprint density at radius 2 is 1.88 bits per heavy atom. The van der Waals surface area contributed by atoms with Gasteiger partial charge < -0.3 is 20.7 Å². The van der Waals surface area contributed by atoms with E-state index in [2.05, 4.69) is 16.3 Å². The average Bonchev–Trinajstić information content (AvgIpc) is 3.23. The molecule has 136 valence electrons. The number of carbonyl (C=O) groups excluding carboxylic acids is 1. The largest absolute Gasteiger partial charge is 0.495 e.